The summed E-state index contributed by atoms with van der Waals surface area (Å²) in [5, 5.41) is 7.06. The minimum atomic E-state index is -0.140. The molecule has 0 saturated heterocycles. The lowest BCUT2D eigenvalue weighted by atomic mass is 10.1. The number of aromatic nitrogens is 4. The van der Waals surface area contributed by atoms with Crippen LogP contribution in [0.2, 0.25) is 0 Å². The molecule has 0 saturated carbocycles. The van der Waals surface area contributed by atoms with Gasteiger partial charge in [0.25, 0.3) is 5.56 Å². The predicted molar refractivity (Wildman–Crippen MR) is 73.2 cm³/mol. The summed E-state index contributed by atoms with van der Waals surface area (Å²) in [6.45, 7) is 3.87. The van der Waals surface area contributed by atoms with Crippen molar-refractivity contribution in [2.24, 2.45) is 0 Å². The van der Waals surface area contributed by atoms with Crippen molar-refractivity contribution in [3.8, 4) is 0 Å². The van der Waals surface area contributed by atoms with Gasteiger partial charge in [0.2, 0.25) is 0 Å². The number of aryl methyl sites for hydroxylation is 2. The Morgan fingerprint density at radius 1 is 1.21 bits per heavy atom. The van der Waals surface area contributed by atoms with E-state index in [1.807, 2.05) is 38.1 Å². The molecule has 3 aromatic rings. The summed E-state index contributed by atoms with van der Waals surface area (Å²) in [5.74, 6) is 0. The van der Waals surface area contributed by atoms with Gasteiger partial charge in [-0.3, -0.25) is 9.89 Å². The summed E-state index contributed by atoms with van der Waals surface area (Å²) in [6.07, 6.45) is 0.494. The van der Waals surface area contributed by atoms with Crippen molar-refractivity contribution < 1.29 is 0 Å². The van der Waals surface area contributed by atoms with Gasteiger partial charge in [-0.1, -0.05) is 12.1 Å². The Morgan fingerprint density at radius 2 is 2.00 bits per heavy atom. The van der Waals surface area contributed by atoms with Crippen LogP contribution >= 0.6 is 0 Å². The van der Waals surface area contributed by atoms with E-state index in [1.54, 1.807) is 0 Å². The minimum absolute atomic E-state index is 0.140. The Bertz CT molecular complexity index is 781. The standard InChI is InChI=1S/C14H14N4O/c1-8-10(9(2)18-17-8)7-13-14(19)16-12-6-4-3-5-11(12)15-13/h3-6H,7H2,1-2H3,(H,16,19)(H,17,18). The number of para-hydroxylation sites is 2. The van der Waals surface area contributed by atoms with Crippen LogP contribution in [0.5, 0.6) is 0 Å². The molecule has 5 heteroatoms. The van der Waals surface area contributed by atoms with Gasteiger partial charge in [-0.2, -0.15) is 5.10 Å². The molecule has 0 radical (unpaired) electrons. The molecule has 0 aliphatic carbocycles. The van der Waals surface area contributed by atoms with Crippen LogP contribution in [-0.4, -0.2) is 20.2 Å². The van der Waals surface area contributed by atoms with E-state index >= 15 is 0 Å². The monoisotopic (exact) mass is 254 g/mol. The quantitative estimate of drug-likeness (QED) is 0.733. The van der Waals surface area contributed by atoms with Gasteiger partial charge in [0.05, 0.1) is 16.7 Å². The fraction of sp³-hybridized carbons (Fsp3) is 0.214. The van der Waals surface area contributed by atoms with Crippen molar-refractivity contribution in [3.63, 3.8) is 0 Å². The topological polar surface area (TPSA) is 74.4 Å². The van der Waals surface area contributed by atoms with E-state index in [-0.39, 0.29) is 5.56 Å². The fourth-order valence-electron chi connectivity index (χ4n) is 2.19. The first-order chi connectivity index (χ1) is 9.15. The highest BCUT2D eigenvalue weighted by Gasteiger charge is 2.11. The largest absolute Gasteiger partial charge is 0.319 e. The molecule has 1 aromatic carbocycles. The number of fused-ring (bicyclic) bond motifs is 1. The number of hydrogen-bond donors (Lipinski definition) is 2. The van der Waals surface area contributed by atoms with Gasteiger partial charge < -0.3 is 4.98 Å². The molecule has 0 bridgehead atoms. The predicted octanol–water partition coefficient (Wildman–Crippen LogP) is 1.85. The molecule has 2 aromatic heterocycles. The summed E-state index contributed by atoms with van der Waals surface area (Å²) in [5.41, 5.74) is 4.87. The maximum absolute atomic E-state index is 12.0. The van der Waals surface area contributed by atoms with E-state index in [1.165, 1.54) is 0 Å². The highest BCUT2D eigenvalue weighted by atomic mass is 16.1. The van der Waals surface area contributed by atoms with E-state index in [9.17, 15) is 4.79 Å². The summed E-state index contributed by atoms with van der Waals surface area (Å²) < 4.78 is 0. The molecule has 0 amide bonds. The number of rotatable bonds is 2. The molecule has 0 fully saturated rings. The van der Waals surface area contributed by atoms with Crippen molar-refractivity contribution in [3.05, 3.63) is 57.3 Å². The molecule has 2 N–H and O–H groups in total. The maximum Gasteiger partial charge on any atom is 0.270 e. The van der Waals surface area contributed by atoms with Crippen molar-refractivity contribution in [2.45, 2.75) is 20.3 Å². The highest BCUT2D eigenvalue weighted by molar-refractivity contribution is 5.73. The van der Waals surface area contributed by atoms with Crippen molar-refractivity contribution in [2.75, 3.05) is 0 Å². The van der Waals surface area contributed by atoms with Gasteiger partial charge in [0.1, 0.15) is 5.69 Å². The van der Waals surface area contributed by atoms with E-state index in [2.05, 4.69) is 20.2 Å². The van der Waals surface area contributed by atoms with Crippen LogP contribution in [-0.2, 0) is 6.42 Å². The van der Waals surface area contributed by atoms with E-state index in [0.29, 0.717) is 12.1 Å². The average Bonchev–Trinajstić information content (AvgIpc) is 2.71. The maximum atomic E-state index is 12.0. The zero-order chi connectivity index (χ0) is 13.4. The second-order valence-electron chi connectivity index (χ2n) is 4.62. The van der Waals surface area contributed by atoms with E-state index in [4.69, 9.17) is 0 Å². The molecule has 0 spiro atoms. The molecule has 0 atom stereocenters. The molecule has 19 heavy (non-hydrogen) atoms. The number of benzene rings is 1. The molecule has 0 unspecified atom stereocenters. The van der Waals surface area contributed by atoms with Crippen LogP contribution < -0.4 is 5.56 Å². The summed E-state index contributed by atoms with van der Waals surface area (Å²) in [6, 6.07) is 7.53. The first kappa shape index (κ1) is 11.6. The normalized spacial score (nSPS) is 11.1. The second kappa shape index (κ2) is 4.35. The van der Waals surface area contributed by atoms with Crippen molar-refractivity contribution in [1.29, 1.82) is 0 Å². The van der Waals surface area contributed by atoms with Crippen molar-refractivity contribution >= 4 is 11.0 Å². The van der Waals surface area contributed by atoms with Crippen LogP contribution in [0.1, 0.15) is 22.6 Å². The third-order valence-corrected chi connectivity index (χ3v) is 3.29. The number of aromatic amines is 2. The second-order valence-corrected chi connectivity index (χ2v) is 4.62. The van der Waals surface area contributed by atoms with Crippen molar-refractivity contribution in [1.82, 2.24) is 20.2 Å². The minimum Gasteiger partial charge on any atom is -0.319 e. The first-order valence-corrected chi connectivity index (χ1v) is 6.13. The summed E-state index contributed by atoms with van der Waals surface area (Å²) in [4.78, 5) is 19.3. The van der Waals surface area contributed by atoms with E-state index in [0.717, 1.165) is 28.0 Å². The third-order valence-electron chi connectivity index (χ3n) is 3.29. The van der Waals surface area contributed by atoms with Gasteiger partial charge in [0.15, 0.2) is 0 Å². The fourth-order valence-corrected chi connectivity index (χ4v) is 2.19. The van der Waals surface area contributed by atoms with Crippen LogP contribution in [0.25, 0.3) is 11.0 Å². The molecule has 5 nitrogen and oxygen atoms in total. The SMILES string of the molecule is Cc1n[nH]c(C)c1Cc1nc2ccccc2[nH]c1=O. The molecule has 2 heterocycles. The number of H-pyrrole nitrogens is 2. The zero-order valence-corrected chi connectivity index (χ0v) is 10.8. The van der Waals surface area contributed by atoms with Gasteiger partial charge in [-0.05, 0) is 26.0 Å². The summed E-state index contributed by atoms with van der Waals surface area (Å²) >= 11 is 0. The molecule has 0 aliphatic heterocycles. The first-order valence-electron chi connectivity index (χ1n) is 6.13. The van der Waals surface area contributed by atoms with Crippen LogP contribution in [0.4, 0.5) is 0 Å². The Labute approximate surface area is 109 Å². The Hall–Kier alpha value is -2.43. The Balaban J connectivity index is 2.11. The van der Waals surface area contributed by atoms with E-state index < -0.39 is 0 Å². The van der Waals surface area contributed by atoms with Crippen LogP contribution in [0.3, 0.4) is 0 Å². The number of nitrogens with one attached hydrogen (secondary N) is 2. The van der Waals surface area contributed by atoms with Gasteiger partial charge in [-0.25, -0.2) is 4.98 Å². The lowest BCUT2D eigenvalue weighted by molar-refractivity contribution is 1.01. The van der Waals surface area contributed by atoms with Gasteiger partial charge >= 0.3 is 0 Å². The Kier molecular flexibility index (Phi) is 2.67. The highest BCUT2D eigenvalue weighted by Crippen LogP contribution is 2.14. The average molecular weight is 254 g/mol. The molecular formula is C14H14N4O. The molecule has 3 rings (SSSR count). The van der Waals surface area contributed by atoms with Crippen LogP contribution in [0.15, 0.2) is 29.1 Å². The lowest BCUT2D eigenvalue weighted by Crippen LogP contribution is -2.16. The Morgan fingerprint density at radius 3 is 2.74 bits per heavy atom. The lowest BCUT2D eigenvalue weighted by Gasteiger charge is -2.03. The molecule has 96 valence electrons. The van der Waals surface area contributed by atoms with Gasteiger partial charge in [0, 0.05) is 17.7 Å². The van der Waals surface area contributed by atoms with Crippen LogP contribution in [0, 0.1) is 13.8 Å². The zero-order valence-electron chi connectivity index (χ0n) is 10.8. The smallest absolute Gasteiger partial charge is 0.270 e. The third kappa shape index (κ3) is 2.03. The number of hydrogen-bond acceptors (Lipinski definition) is 3. The molecule has 0 aliphatic rings. The molecular weight excluding hydrogens is 240 g/mol. The summed E-state index contributed by atoms with van der Waals surface area (Å²) in [7, 11) is 0. The number of nitrogens with zero attached hydrogens (tertiary/aromatic N) is 2. The van der Waals surface area contributed by atoms with Gasteiger partial charge in [-0.15, -0.1) is 0 Å².